The predicted molar refractivity (Wildman–Crippen MR) is 241 cm³/mol. The lowest BCUT2D eigenvalue weighted by molar-refractivity contribution is 0.487. The van der Waals surface area contributed by atoms with Crippen LogP contribution in [0.5, 0.6) is 23.0 Å². The van der Waals surface area contributed by atoms with Crippen LogP contribution in [0.1, 0.15) is 0 Å². The fourth-order valence-electron chi connectivity index (χ4n) is 9.94. The van der Waals surface area contributed by atoms with E-state index in [1.807, 2.05) is 6.07 Å². The Hall–Kier alpha value is -7.68. The second kappa shape index (κ2) is 11.9. The highest BCUT2D eigenvalue weighted by atomic mass is 16.5. The zero-order chi connectivity index (χ0) is 37.9. The van der Waals surface area contributed by atoms with Gasteiger partial charge in [-0.2, -0.15) is 0 Å². The van der Waals surface area contributed by atoms with Crippen molar-refractivity contribution in [1.82, 2.24) is 0 Å². The van der Waals surface area contributed by atoms with E-state index in [1.54, 1.807) is 0 Å². The van der Waals surface area contributed by atoms with E-state index in [9.17, 15) is 0 Å². The number of ether oxygens (including phenoxy) is 2. The zero-order valence-electron chi connectivity index (χ0n) is 31.3. The summed E-state index contributed by atoms with van der Waals surface area (Å²) in [5.41, 5.74) is 11.8. The number of hydrogen-bond donors (Lipinski definition) is 0. The standard InChI is InChI=1S/C56H32O2/c1-2-15-37-33(11-1)12-7-19-38(37)35-25-28-47-48(31-35)55(46-29-30-51-56-42(21-10-22-45(46)56)39-16-5-6-23-49(39)57-51)44-18-4-3-17-43(44)53(47)36-26-27-40-41-20-8-13-34-14-9-24-50(54(34)41)58-52(40)32-36/h1-32H. The molecule has 0 fully saturated rings. The molecular formula is C56H32O2. The van der Waals surface area contributed by atoms with Crippen molar-refractivity contribution in [2.24, 2.45) is 0 Å². The van der Waals surface area contributed by atoms with Gasteiger partial charge in [-0.25, -0.2) is 0 Å². The lowest BCUT2D eigenvalue weighted by Gasteiger charge is -2.25. The Morgan fingerprint density at radius 2 is 0.793 bits per heavy atom. The summed E-state index contributed by atoms with van der Waals surface area (Å²) in [6.45, 7) is 0. The molecule has 2 nitrogen and oxygen atoms in total. The van der Waals surface area contributed by atoms with Crippen molar-refractivity contribution in [2.75, 3.05) is 0 Å². The molecule has 268 valence electrons. The van der Waals surface area contributed by atoms with Crippen LogP contribution >= 0.6 is 0 Å². The van der Waals surface area contributed by atoms with E-state index in [-0.39, 0.29) is 0 Å². The summed E-state index contributed by atoms with van der Waals surface area (Å²) in [5.74, 6) is 3.56. The summed E-state index contributed by atoms with van der Waals surface area (Å²) < 4.78 is 13.3. The maximum Gasteiger partial charge on any atom is 0.135 e. The van der Waals surface area contributed by atoms with E-state index in [0.29, 0.717) is 0 Å². The Bertz CT molecular complexity index is 3570. The Morgan fingerprint density at radius 3 is 1.69 bits per heavy atom. The second-order valence-corrected chi connectivity index (χ2v) is 15.5. The Kier molecular flexibility index (Phi) is 6.47. The molecule has 0 saturated carbocycles. The Balaban J connectivity index is 1.12. The molecule has 0 N–H and O–H groups in total. The molecule has 0 aliphatic carbocycles. The Morgan fingerprint density at radius 1 is 0.241 bits per heavy atom. The first kappa shape index (κ1) is 31.5. The first-order valence-corrected chi connectivity index (χ1v) is 19.9. The molecule has 0 atom stereocenters. The number of hydrogen-bond acceptors (Lipinski definition) is 2. The molecule has 2 aliphatic heterocycles. The van der Waals surface area contributed by atoms with Gasteiger partial charge in [-0.05, 0) is 130 Å². The molecule has 0 spiro atoms. The monoisotopic (exact) mass is 736 g/mol. The molecule has 11 aromatic rings. The topological polar surface area (TPSA) is 18.5 Å². The first-order valence-electron chi connectivity index (χ1n) is 19.9. The van der Waals surface area contributed by atoms with E-state index < -0.39 is 0 Å². The highest BCUT2D eigenvalue weighted by Crippen LogP contribution is 2.53. The zero-order valence-corrected chi connectivity index (χ0v) is 31.3. The summed E-state index contributed by atoms with van der Waals surface area (Å²) in [6, 6.07) is 70.4. The van der Waals surface area contributed by atoms with E-state index >= 15 is 0 Å². The van der Waals surface area contributed by atoms with Gasteiger partial charge in [-0.1, -0.05) is 152 Å². The molecule has 0 aromatic heterocycles. The average Bonchev–Trinajstić information content (AvgIpc) is 3.28. The largest absolute Gasteiger partial charge is 0.456 e. The molecule has 0 amide bonds. The van der Waals surface area contributed by atoms with Crippen molar-refractivity contribution in [3.05, 3.63) is 194 Å². The van der Waals surface area contributed by atoms with Crippen LogP contribution in [0.3, 0.4) is 0 Å². The van der Waals surface area contributed by atoms with E-state index in [2.05, 4.69) is 188 Å². The minimum absolute atomic E-state index is 0.876. The molecular weight excluding hydrogens is 705 g/mol. The van der Waals surface area contributed by atoms with Crippen molar-refractivity contribution in [1.29, 1.82) is 0 Å². The molecule has 0 unspecified atom stereocenters. The van der Waals surface area contributed by atoms with Crippen molar-refractivity contribution in [3.63, 3.8) is 0 Å². The summed E-state index contributed by atoms with van der Waals surface area (Å²) in [4.78, 5) is 0. The SMILES string of the molecule is c1ccc2c(c1)Oc1ccc(-c3c4ccccc4c(-c4ccc5c(c4)Oc4cccc6cccc-5c46)c4ccc(-c5cccc6ccccc56)cc34)c3cccc-2c13. The summed E-state index contributed by atoms with van der Waals surface area (Å²) in [6.07, 6.45) is 0. The van der Waals surface area contributed by atoms with Gasteiger partial charge in [0.1, 0.15) is 23.0 Å². The number of benzene rings is 11. The number of rotatable bonds is 3. The van der Waals surface area contributed by atoms with E-state index in [1.165, 1.54) is 87.4 Å². The van der Waals surface area contributed by atoms with Crippen molar-refractivity contribution >= 4 is 53.9 Å². The maximum absolute atomic E-state index is 6.75. The van der Waals surface area contributed by atoms with E-state index in [4.69, 9.17) is 9.47 Å². The molecule has 58 heavy (non-hydrogen) atoms. The molecule has 2 aliphatic rings. The molecule has 0 saturated heterocycles. The van der Waals surface area contributed by atoms with Crippen LogP contribution in [0.15, 0.2) is 194 Å². The lowest BCUT2D eigenvalue weighted by Crippen LogP contribution is -1.99. The highest BCUT2D eigenvalue weighted by Gasteiger charge is 2.26. The highest BCUT2D eigenvalue weighted by molar-refractivity contribution is 6.25. The van der Waals surface area contributed by atoms with Gasteiger partial charge in [0.25, 0.3) is 0 Å². The summed E-state index contributed by atoms with van der Waals surface area (Å²) in [5, 5.41) is 11.9. The minimum atomic E-state index is 0.876. The Labute approximate surface area is 334 Å². The molecule has 0 radical (unpaired) electrons. The molecule has 13 rings (SSSR count). The lowest BCUT2D eigenvalue weighted by atomic mass is 9.82. The quantitative estimate of drug-likeness (QED) is 0.168. The van der Waals surface area contributed by atoms with Gasteiger partial charge in [0.15, 0.2) is 0 Å². The van der Waals surface area contributed by atoms with Gasteiger partial charge in [0.05, 0.1) is 0 Å². The molecule has 0 bridgehead atoms. The van der Waals surface area contributed by atoms with Crippen molar-refractivity contribution in [3.8, 4) is 78.6 Å². The van der Waals surface area contributed by atoms with Crippen molar-refractivity contribution in [2.45, 2.75) is 0 Å². The number of para-hydroxylation sites is 1. The normalized spacial score (nSPS) is 12.4. The van der Waals surface area contributed by atoms with Gasteiger partial charge in [0.2, 0.25) is 0 Å². The van der Waals surface area contributed by atoms with Crippen LogP contribution in [0.25, 0.3) is 109 Å². The van der Waals surface area contributed by atoms with Crippen molar-refractivity contribution < 1.29 is 9.47 Å². The van der Waals surface area contributed by atoms with Gasteiger partial charge in [-0.15, -0.1) is 0 Å². The summed E-state index contributed by atoms with van der Waals surface area (Å²) in [7, 11) is 0. The number of fused-ring (bicyclic) bond motifs is 7. The van der Waals surface area contributed by atoms with Crippen LogP contribution in [0.2, 0.25) is 0 Å². The molecule has 2 heteroatoms. The second-order valence-electron chi connectivity index (χ2n) is 15.5. The molecule has 2 heterocycles. The van der Waals surface area contributed by atoms with Gasteiger partial charge in [0, 0.05) is 21.9 Å². The smallest absolute Gasteiger partial charge is 0.135 e. The summed E-state index contributed by atoms with van der Waals surface area (Å²) >= 11 is 0. The predicted octanol–water partition coefficient (Wildman–Crippen LogP) is 16.0. The third-order valence-electron chi connectivity index (χ3n) is 12.4. The van der Waals surface area contributed by atoms with Crippen LogP contribution in [-0.4, -0.2) is 0 Å². The van der Waals surface area contributed by atoms with E-state index in [0.717, 1.165) is 45.1 Å². The van der Waals surface area contributed by atoms with Gasteiger partial charge in [-0.3, -0.25) is 0 Å². The van der Waals surface area contributed by atoms with Crippen LogP contribution in [0.4, 0.5) is 0 Å². The van der Waals surface area contributed by atoms with Crippen LogP contribution in [0, 0.1) is 0 Å². The fraction of sp³-hybridized carbons (Fsp3) is 0. The van der Waals surface area contributed by atoms with Crippen LogP contribution in [-0.2, 0) is 0 Å². The molecule has 11 aromatic carbocycles. The third kappa shape index (κ3) is 4.43. The maximum atomic E-state index is 6.75. The van der Waals surface area contributed by atoms with Gasteiger partial charge < -0.3 is 9.47 Å². The van der Waals surface area contributed by atoms with Gasteiger partial charge >= 0.3 is 0 Å². The third-order valence-corrected chi connectivity index (χ3v) is 12.4. The average molecular weight is 737 g/mol. The van der Waals surface area contributed by atoms with Crippen LogP contribution < -0.4 is 9.47 Å². The first-order chi connectivity index (χ1) is 28.8. The fourth-order valence-corrected chi connectivity index (χ4v) is 9.94. The minimum Gasteiger partial charge on any atom is -0.456 e.